The molecule has 0 aromatic heterocycles. The minimum absolute atomic E-state index is 0.145. The molecule has 1 aliphatic heterocycles. The lowest BCUT2D eigenvalue weighted by atomic mass is 9.75. The molecule has 1 aromatic carbocycles. The highest BCUT2D eigenvalue weighted by Gasteiger charge is 2.41. The molecule has 0 N–H and O–H groups in total. The first-order chi connectivity index (χ1) is 15.2. The smallest absolute Gasteiger partial charge is 0.261 e. The first-order valence-corrected chi connectivity index (χ1v) is 12.1. The first kappa shape index (κ1) is 22.8. The van der Waals surface area contributed by atoms with Crippen molar-refractivity contribution < 1.29 is 9.59 Å². The monoisotopic (exact) mass is 431 g/mol. The van der Waals surface area contributed by atoms with Crippen LogP contribution < -0.4 is 0 Å². The van der Waals surface area contributed by atoms with Gasteiger partial charge in [-0.2, -0.15) is 0 Å². The number of benzene rings is 1. The predicted octanol–water partition coefficient (Wildman–Crippen LogP) is 6.54. The number of hydrogen-bond acceptors (Lipinski definition) is 2. The Balaban J connectivity index is 1.47. The molecule has 0 spiro atoms. The number of rotatable bonds is 6. The molecule has 2 aliphatic carbocycles. The topological polar surface area (TPSA) is 37.4 Å². The zero-order valence-corrected chi connectivity index (χ0v) is 19.8. The van der Waals surface area contributed by atoms with Gasteiger partial charge in [0.2, 0.25) is 0 Å². The molecule has 2 amide bonds. The maximum Gasteiger partial charge on any atom is 0.261 e. The number of hydrogen-bond donors (Lipinski definition) is 0. The molecular weight excluding hydrogens is 394 g/mol. The lowest BCUT2D eigenvalue weighted by Gasteiger charge is -2.30. The second-order valence-corrected chi connectivity index (χ2v) is 11.1. The Labute approximate surface area is 193 Å². The average molecular weight is 432 g/mol. The van der Waals surface area contributed by atoms with Crippen molar-refractivity contribution in [1.82, 2.24) is 4.90 Å². The van der Waals surface area contributed by atoms with Crippen molar-refractivity contribution in [3.63, 3.8) is 0 Å². The number of fused-ring (bicyclic) bond motifs is 1. The average Bonchev–Trinajstić information content (AvgIpc) is 3.44. The van der Waals surface area contributed by atoms with E-state index in [9.17, 15) is 9.59 Å². The zero-order chi connectivity index (χ0) is 23.0. The Morgan fingerprint density at radius 3 is 2.03 bits per heavy atom. The van der Waals surface area contributed by atoms with E-state index in [0.29, 0.717) is 47.3 Å². The van der Waals surface area contributed by atoms with Crippen LogP contribution in [0.2, 0.25) is 0 Å². The number of imide groups is 1. The van der Waals surface area contributed by atoms with Crippen LogP contribution in [0.3, 0.4) is 0 Å². The van der Waals surface area contributed by atoms with Gasteiger partial charge >= 0.3 is 0 Å². The van der Waals surface area contributed by atoms with Crippen molar-refractivity contribution in [3.05, 3.63) is 72.9 Å². The van der Waals surface area contributed by atoms with Crippen LogP contribution in [0.1, 0.15) is 67.2 Å². The van der Waals surface area contributed by atoms with E-state index in [2.05, 4.69) is 52.2 Å². The zero-order valence-electron chi connectivity index (χ0n) is 19.8. The van der Waals surface area contributed by atoms with E-state index in [1.54, 1.807) is 12.1 Å². The van der Waals surface area contributed by atoms with E-state index in [-0.39, 0.29) is 23.1 Å². The maximum absolute atomic E-state index is 12.9. The van der Waals surface area contributed by atoms with Gasteiger partial charge in [0.25, 0.3) is 11.8 Å². The van der Waals surface area contributed by atoms with Gasteiger partial charge in [0, 0.05) is 6.54 Å². The van der Waals surface area contributed by atoms with E-state index in [4.69, 9.17) is 0 Å². The van der Waals surface area contributed by atoms with Crippen molar-refractivity contribution in [2.24, 2.45) is 40.9 Å². The second kappa shape index (κ2) is 8.84. The van der Waals surface area contributed by atoms with E-state index in [1.165, 1.54) is 17.7 Å². The van der Waals surface area contributed by atoms with Gasteiger partial charge in [0.1, 0.15) is 0 Å². The molecule has 1 aromatic rings. The van der Waals surface area contributed by atoms with Gasteiger partial charge in [-0.1, -0.05) is 57.2 Å². The van der Waals surface area contributed by atoms with Gasteiger partial charge in [0.15, 0.2) is 0 Å². The largest absolute Gasteiger partial charge is 0.274 e. The Morgan fingerprint density at radius 2 is 1.50 bits per heavy atom. The molecule has 0 radical (unpaired) electrons. The lowest BCUT2D eigenvalue weighted by molar-refractivity contribution is 0.0622. The minimum Gasteiger partial charge on any atom is -0.274 e. The first-order valence-electron chi connectivity index (χ1n) is 12.1. The Kier molecular flexibility index (Phi) is 6.29. The number of allylic oxidation sites excluding steroid dienone is 4. The summed E-state index contributed by atoms with van der Waals surface area (Å²) in [4.78, 5) is 27.2. The third-order valence-electron chi connectivity index (χ3n) is 8.11. The molecule has 2 fully saturated rings. The quantitative estimate of drug-likeness (QED) is 0.379. The number of carbonyl (C=O) groups excluding carboxylic acids is 2. The van der Waals surface area contributed by atoms with E-state index in [1.807, 2.05) is 18.2 Å². The summed E-state index contributed by atoms with van der Waals surface area (Å²) in [5, 5.41) is 0. The van der Waals surface area contributed by atoms with Crippen molar-refractivity contribution in [3.8, 4) is 0 Å². The summed E-state index contributed by atoms with van der Waals surface area (Å²) in [6.45, 7) is 15.6. The van der Waals surface area contributed by atoms with Crippen LogP contribution in [-0.2, 0) is 0 Å². The third kappa shape index (κ3) is 4.27. The molecule has 6 unspecified atom stereocenters. The van der Waals surface area contributed by atoms with Crippen LogP contribution in [0.5, 0.6) is 0 Å². The highest BCUT2D eigenvalue weighted by Crippen LogP contribution is 2.48. The molecule has 0 bridgehead atoms. The summed E-state index contributed by atoms with van der Waals surface area (Å²) in [5.74, 6) is 2.61. The van der Waals surface area contributed by atoms with Gasteiger partial charge in [-0.05, 0) is 78.7 Å². The highest BCUT2D eigenvalue weighted by atomic mass is 16.2. The van der Waals surface area contributed by atoms with Crippen LogP contribution in [0.15, 0.2) is 61.7 Å². The fourth-order valence-corrected chi connectivity index (χ4v) is 6.30. The highest BCUT2D eigenvalue weighted by molar-refractivity contribution is 6.21. The van der Waals surface area contributed by atoms with Crippen LogP contribution in [-0.4, -0.2) is 23.3 Å². The summed E-state index contributed by atoms with van der Waals surface area (Å²) in [7, 11) is 0. The van der Waals surface area contributed by atoms with Crippen molar-refractivity contribution in [1.29, 1.82) is 0 Å². The summed E-state index contributed by atoms with van der Waals surface area (Å²) < 4.78 is 0. The fourth-order valence-electron chi connectivity index (χ4n) is 6.30. The van der Waals surface area contributed by atoms with Crippen LogP contribution in [0, 0.1) is 40.9 Å². The lowest BCUT2D eigenvalue weighted by Crippen LogP contribution is -2.35. The third-order valence-corrected chi connectivity index (χ3v) is 8.11. The molecule has 1 heterocycles. The van der Waals surface area contributed by atoms with E-state index < -0.39 is 0 Å². The fraction of sp³-hybridized carbons (Fsp3) is 0.517. The van der Waals surface area contributed by atoms with Crippen molar-refractivity contribution >= 4 is 11.8 Å². The van der Waals surface area contributed by atoms with Gasteiger partial charge < -0.3 is 0 Å². The van der Waals surface area contributed by atoms with Crippen LogP contribution in [0.25, 0.3) is 0 Å². The molecule has 3 nitrogen and oxygen atoms in total. The standard InChI is InChI=1S/C29H37NO2/c1-6-19-14-22(13-12-20-16-21(7-2)26(17-20)29(3,4)5)23(15-19)18-30-27(31)24-10-8-9-11-25(24)28(30)32/h6-13,19-23,26H,1-2,14-18H2,3-5H3/b13-12-. The van der Waals surface area contributed by atoms with Crippen LogP contribution in [0.4, 0.5) is 0 Å². The predicted molar refractivity (Wildman–Crippen MR) is 130 cm³/mol. The molecule has 3 heteroatoms. The van der Waals surface area contributed by atoms with E-state index >= 15 is 0 Å². The Hall–Kier alpha value is -2.42. The summed E-state index contributed by atoms with van der Waals surface area (Å²) in [6, 6.07) is 7.17. The number of amides is 2. The second-order valence-electron chi connectivity index (χ2n) is 11.1. The van der Waals surface area contributed by atoms with Crippen LogP contribution >= 0.6 is 0 Å². The van der Waals surface area contributed by atoms with Gasteiger partial charge in [-0.3, -0.25) is 14.5 Å². The summed E-state index contributed by atoms with van der Waals surface area (Å²) in [5.41, 5.74) is 1.37. The van der Waals surface area contributed by atoms with Gasteiger partial charge in [0.05, 0.1) is 11.1 Å². The maximum atomic E-state index is 12.9. The normalized spacial score (nSPS) is 32.7. The van der Waals surface area contributed by atoms with Crippen molar-refractivity contribution in [2.75, 3.05) is 6.54 Å². The van der Waals surface area contributed by atoms with Crippen molar-refractivity contribution in [2.45, 2.75) is 46.5 Å². The Bertz CT molecular complexity index is 902. The Morgan fingerprint density at radius 1 is 0.875 bits per heavy atom. The van der Waals surface area contributed by atoms with Gasteiger partial charge in [-0.25, -0.2) is 0 Å². The number of nitrogens with zero attached hydrogens (tertiary/aromatic N) is 1. The number of carbonyl (C=O) groups is 2. The van der Waals surface area contributed by atoms with Gasteiger partial charge in [-0.15, -0.1) is 13.2 Å². The molecule has 2 saturated carbocycles. The SMILES string of the molecule is C=CC1CC(/C=C\C2CC(C=C)C(C(C)(C)C)C2)C(CN2C(=O)c3ccccc3C2=O)C1. The molecule has 3 aliphatic rings. The molecule has 170 valence electrons. The molecular formula is C29H37NO2. The summed E-state index contributed by atoms with van der Waals surface area (Å²) in [6.07, 6.45) is 13.4. The summed E-state index contributed by atoms with van der Waals surface area (Å²) >= 11 is 0. The van der Waals surface area contributed by atoms with E-state index in [0.717, 1.165) is 12.8 Å². The molecule has 6 atom stereocenters. The molecule has 32 heavy (non-hydrogen) atoms. The minimum atomic E-state index is -0.145. The molecule has 0 saturated heterocycles. The molecule has 4 rings (SSSR count).